The van der Waals surface area contributed by atoms with E-state index in [0.717, 1.165) is 29.0 Å². The molecule has 1 aromatic carbocycles. The van der Waals surface area contributed by atoms with Gasteiger partial charge < -0.3 is 28.4 Å². The van der Waals surface area contributed by atoms with Crippen LogP contribution in [0.1, 0.15) is 38.8 Å². The van der Waals surface area contributed by atoms with E-state index in [2.05, 4.69) is 41.0 Å². The zero-order valence-corrected chi connectivity index (χ0v) is 28.8. The van der Waals surface area contributed by atoms with Crippen LogP contribution in [0.25, 0.3) is 22.3 Å². The average Bonchev–Trinajstić information content (AvgIpc) is 3.59. The molecular formula is C33H44N6O6Si. The van der Waals surface area contributed by atoms with E-state index >= 15 is 0 Å². The Bertz CT molecular complexity index is 1700. The molecule has 4 aromatic rings. The first-order valence-electron chi connectivity index (χ1n) is 15.7. The molecule has 0 saturated carbocycles. The minimum absolute atomic E-state index is 0.0453. The lowest BCUT2D eigenvalue weighted by molar-refractivity contribution is -0.144. The van der Waals surface area contributed by atoms with Gasteiger partial charge in [0.1, 0.15) is 41.7 Å². The van der Waals surface area contributed by atoms with Crippen molar-refractivity contribution in [3.05, 3.63) is 54.0 Å². The molecule has 0 fully saturated rings. The van der Waals surface area contributed by atoms with Crippen LogP contribution in [0, 0.1) is 0 Å². The molecule has 46 heavy (non-hydrogen) atoms. The van der Waals surface area contributed by atoms with E-state index in [4.69, 9.17) is 18.9 Å². The number of carbonyl (C=O) groups is 2. The smallest absolute Gasteiger partial charge is 0.410 e. The maximum atomic E-state index is 12.8. The summed E-state index contributed by atoms with van der Waals surface area (Å²) in [6, 6.07) is 8.84. The molecule has 1 aliphatic rings. The summed E-state index contributed by atoms with van der Waals surface area (Å²) in [6.07, 6.45) is 5.77. The Balaban J connectivity index is 1.45. The molecule has 0 saturated heterocycles. The second-order valence-corrected chi connectivity index (χ2v) is 19.3. The van der Waals surface area contributed by atoms with Crippen LogP contribution in [-0.4, -0.2) is 74.9 Å². The van der Waals surface area contributed by atoms with Crippen molar-refractivity contribution in [1.29, 1.82) is 0 Å². The van der Waals surface area contributed by atoms with E-state index in [1.807, 2.05) is 49.7 Å². The largest absolute Gasteiger partial charge is 0.465 e. The highest BCUT2D eigenvalue weighted by Gasteiger charge is 2.26. The Labute approximate surface area is 270 Å². The molecule has 4 heterocycles. The van der Waals surface area contributed by atoms with Gasteiger partial charge in [-0.2, -0.15) is 0 Å². The molecule has 0 bridgehead atoms. The van der Waals surface area contributed by atoms with Gasteiger partial charge in [-0.15, -0.1) is 5.10 Å². The minimum atomic E-state index is -1.26. The van der Waals surface area contributed by atoms with Crippen LogP contribution in [0.15, 0.2) is 42.9 Å². The summed E-state index contributed by atoms with van der Waals surface area (Å²) < 4.78 is 26.7. The number of benzene rings is 1. The van der Waals surface area contributed by atoms with E-state index in [9.17, 15) is 9.59 Å². The van der Waals surface area contributed by atoms with E-state index < -0.39 is 13.7 Å². The van der Waals surface area contributed by atoms with Gasteiger partial charge in [0.25, 0.3) is 0 Å². The molecule has 1 aliphatic heterocycles. The fraction of sp³-hybridized carbons (Fsp3) is 0.485. The van der Waals surface area contributed by atoms with Gasteiger partial charge in [-0.1, -0.05) is 30.9 Å². The predicted molar refractivity (Wildman–Crippen MR) is 176 cm³/mol. The van der Waals surface area contributed by atoms with Crippen LogP contribution in [0.3, 0.4) is 0 Å². The Morgan fingerprint density at radius 1 is 1.07 bits per heavy atom. The summed E-state index contributed by atoms with van der Waals surface area (Å²) in [6.45, 7) is 16.6. The summed E-state index contributed by atoms with van der Waals surface area (Å²) in [5.74, 6) is 0.828. The van der Waals surface area contributed by atoms with Gasteiger partial charge in [-0.25, -0.2) is 14.5 Å². The fourth-order valence-corrected chi connectivity index (χ4v) is 5.91. The highest BCUT2D eigenvalue weighted by molar-refractivity contribution is 6.76. The molecule has 0 atom stereocenters. The molecule has 3 aromatic heterocycles. The second-order valence-electron chi connectivity index (χ2n) is 13.7. The molecule has 12 nitrogen and oxygen atoms in total. The second kappa shape index (κ2) is 13.6. The number of esters is 1. The molecular weight excluding hydrogens is 604 g/mol. The molecule has 0 unspecified atom stereocenters. The number of hydrogen-bond acceptors (Lipinski definition) is 9. The van der Waals surface area contributed by atoms with Crippen molar-refractivity contribution in [2.24, 2.45) is 0 Å². The van der Waals surface area contributed by atoms with Gasteiger partial charge >= 0.3 is 12.1 Å². The Morgan fingerprint density at radius 2 is 1.87 bits per heavy atom. The maximum absolute atomic E-state index is 12.8. The summed E-state index contributed by atoms with van der Waals surface area (Å²) in [5, 5.41) is 9.28. The first-order chi connectivity index (χ1) is 21.8. The van der Waals surface area contributed by atoms with Gasteiger partial charge in [0.2, 0.25) is 0 Å². The van der Waals surface area contributed by atoms with Crippen molar-refractivity contribution in [2.45, 2.75) is 85.2 Å². The number of ether oxygens (including phenoxy) is 4. The Hall–Kier alpha value is -4.23. The number of amides is 1. The molecule has 5 rings (SSSR count). The third-order valence-electron chi connectivity index (χ3n) is 7.43. The van der Waals surface area contributed by atoms with Gasteiger partial charge in [-0.05, 0) is 69.5 Å². The minimum Gasteiger partial charge on any atom is -0.465 e. The lowest BCUT2D eigenvalue weighted by Gasteiger charge is -2.31. The number of carbonyl (C=O) groups excluding carboxylic acids is 2. The first kappa shape index (κ1) is 33.1. The van der Waals surface area contributed by atoms with E-state index in [-0.39, 0.29) is 18.6 Å². The highest BCUT2D eigenvalue weighted by atomic mass is 28.3. The number of fused-ring (bicyclic) bond motifs is 2. The van der Waals surface area contributed by atoms with Crippen molar-refractivity contribution in [1.82, 2.24) is 29.4 Å². The van der Waals surface area contributed by atoms with E-state index in [0.29, 0.717) is 55.9 Å². The summed E-state index contributed by atoms with van der Waals surface area (Å²) in [5.41, 5.74) is 3.60. The monoisotopic (exact) mass is 648 g/mol. The van der Waals surface area contributed by atoms with E-state index in [1.165, 1.54) is 10.2 Å². The van der Waals surface area contributed by atoms with Crippen LogP contribution >= 0.6 is 0 Å². The van der Waals surface area contributed by atoms with Gasteiger partial charge in [0, 0.05) is 45.7 Å². The molecule has 13 heteroatoms. The summed E-state index contributed by atoms with van der Waals surface area (Å²) in [4.78, 5) is 31.3. The van der Waals surface area contributed by atoms with Crippen molar-refractivity contribution in [2.75, 3.05) is 19.8 Å². The standard InChI is InChI=1S/C33H44N6O6Si/c1-8-43-29(40)21-39-20-27(35-36-39)26-19-38(22-42-15-16-46(5,6)7)31-30(26)28(11-13-34-31)44-25-10-9-23-12-14-37(18-24(23)17-25)32(41)45-33(2,3)4/h9-11,13,17,19-20H,8,12,14-16,18,21-22H2,1-7H3. The SMILES string of the molecule is CCOC(=O)Cn1cc(-c2cn(COCC[Si](C)(C)C)c3nccc(Oc4ccc5c(c4)CN(C(=O)OC(C)(C)C)CC5)c23)nn1. The van der Waals surface area contributed by atoms with Crippen molar-refractivity contribution >= 4 is 31.2 Å². The zero-order chi connectivity index (χ0) is 33.1. The lowest BCUT2D eigenvalue weighted by Crippen LogP contribution is -2.39. The van der Waals surface area contributed by atoms with E-state index in [1.54, 1.807) is 24.2 Å². The molecule has 0 aliphatic carbocycles. The van der Waals surface area contributed by atoms with Crippen LogP contribution in [0.2, 0.25) is 25.7 Å². The third-order valence-corrected chi connectivity index (χ3v) is 9.13. The Kier molecular flexibility index (Phi) is 9.82. The molecule has 0 radical (unpaired) electrons. The van der Waals surface area contributed by atoms with Gasteiger partial charge in [0.15, 0.2) is 0 Å². The first-order valence-corrected chi connectivity index (χ1v) is 19.4. The summed E-state index contributed by atoms with van der Waals surface area (Å²) >= 11 is 0. The van der Waals surface area contributed by atoms with Gasteiger partial charge in [0.05, 0.1) is 18.2 Å². The molecule has 1 amide bonds. The van der Waals surface area contributed by atoms with Gasteiger partial charge in [-0.3, -0.25) is 4.79 Å². The number of rotatable bonds is 11. The third kappa shape index (κ3) is 8.32. The molecule has 246 valence electrons. The number of hydrogen-bond donors (Lipinski definition) is 0. The van der Waals surface area contributed by atoms with Crippen LogP contribution < -0.4 is 4.74 Å². The van der Waals surface area contributed by atoms with Crippen molar-refractivity contribution in [3.63, 3.8) is 0 Å². The maximum Gasteiger partial charge on any atom is 0.410 e. The fourth-order valence-electron chi connectivity index (χ4n) is 5.15. The normalized spacial score (nSPS) is 13.5. The number of pyridine rings is 1. The Morgan fingerprint density at radius 3 is 2.61 bits per heavy atom. The average molecular weight is 649 g/mol. The quantitative estimate of drug-likeness (QED) is 0.105. The number of aromatic nitrogens is 5. The topological polar surface area (TPSA) is 123 Å². The van der Waals surface area contributed by atoms with Crippen molar-refractivity contribution < 1.29 is 28.5 Å². The zero-order valence-electron chi connectivity index (χ0n) is 27.8. The molecule has 0 N–H and O–H groups in total. The molecule has 0 spiro atoms. The van der Waals surface area contributed by atoms with Crippen LogP contribution in [0.4, 0.5) is 4.79 Å². The predicted octanol–water partition coefficient (Wildman–Crippen LogP) is 6.26. The van der Waals surface area contributed by atoms with Crippen molar-refractivity contribution in [3.8, 4) is 22.8 Å². The lowest BCUT2D eigenvalue weighted by atomic mass is 10.00. The number of nitrogens with zero attached hydrogens (tertiary/aromatic N) is 6. The van der Waals surface area contributed by atoms with Crippen LogP contribution in [0.5, 0.6) is 11.5 Å². The highest BCUT2D eigenvalue weighted by Crippen LogP contribution is 2.38. The summed E-state index contributed by atoms with van der Waals surface area (Å²) in [7, 11) is -1.26. The van der Waals surface area contributed by atoms with Crippen LogP contribution in [-0.2, 0) is 45.2 Å².